The maximum absolute atomic E-state index is 6.13. The van der Waals surface area contributed by atoms with E-state index in [0.29, 0.717) is 11.9 Å². The minimum Gasteiger partial charge on any atom is -0.493 e. The van der Waals surface area contributed by atoms with Crippen LogP contribution < -0.4 is 4.74 Å². The van der Waals surface area contributed by atoms with E-state index in [4.69, 9.17) is 16.3 Å². The van der Waals surface area contributed by atoms with Gasteiger partial charge < -0.3 is 4.74 Å². The highest BCUT2D eigenvalue weighted by atomic mass is 79.9. The summed E-state index contributed by atoms with van der Waals surface area (Å²) in [5, 5.41) is 1.46. The highest BCUT2D eigenvalue weighted by Gasteiger charge is 2.06. The van der Waals surface area contributed by atoms with E-state index in [0.717, 1.165) is 29.2 Å². The van der Waals surface area contributed by atoms with E-state index in [1.807, 2.05) is 24.3 Å². The van der Waals surface area contributed by atoms with Crippen molar-refractivity contribution in [1.29, 1.82) is 0 Å². The molecule has 0 heterocycles. The number of hydrogen-bond donors (Lipinski definition) is 0. The molecule has 0 fully saturated rings. The topological polar surface area (TPSA) is 9.23 Å². The number of hydrogen-bond acceptors (Lipinski definition) is 1. The summed E-state index contributed by atoms with van der Waals surface area (Å²) >= 11 is 9.57. The summed E-state index contributed by atoms with van der Waals surface area (Å²) in [5.74, 6) is 0.873. The van der Waals surface area contributed by atoms with Crippen LogP contribution in [0.25, 0.3) is 0 Å². The van der Waals surface area contributed by atoms with Gasteiger partial charge in [-0.3, -0.25) is 0 Å². The van der Waals surface area contributed by atoms with E-state index in [9.17, 15) is 0 Å². The van der Waals surface area contributed by atoms with Crippen LogP contribution in [0.4, 0.5) is 0 Å². The predicted molar refractivity (Wildman–Crippen MR) is 84.3 cm³/mol. The van der Waals surface area contributed by atoms with Gasteiger partial charge in [-0.25, -0.2) is 0 Å². The molecule has 3 heteroatoms. The highest BCUT2D eigenvalue weighted by molar-refractivity contribution is 9.08. The van der Waals surface area contributed by atoms with Crippen molar-refractivity contribution in [2.75, 3.05) is 6.61 Å². The molecule has 0 aromatic heterocycles. The number of rotatable bonds is 6. The molecule has 1 nitrogen and oxygen atoms in total. The van der Waals surface area contributed by atoms with Gasteiger partial charge >= 0.3 is 0 Å². The normalized spacial score (nSPS) is 10.4. The summed E-state index contributed by atoms with van der Waals surface area (Å²) in [5.41, 5.74) is 2.36. The average Bonchev–Trinajstić information content (AvgIpc) is 2.45. The zero-order chi connectivity index (χ0) is 13.5. The van der Waals surface area contributed by atoms with E-state index in [-0.39, 0.29) is 0 Å². The van der Waals surface area contributed by atoms with E-state index >= 15 is 0 Å². The van der Waals surface area contributed by atoms with Crippen LogP contribution >= 0.6 is 27.5 Å². The van der Waals surface area contributed by atoms with Crippen molar-refractivity contribution >= 4 is 27.5 Å². The summed E-state index contributed by atoms with van der Waals surface area (Å²) in [7, 11) is 0. The second kappa shape index (κ2) is 7.56. The monoisotopic (exact) mass is 338 g/mol. The Bertz CT molecular complexity index is 513. The molecular formula is C16H16BrClO. The molecule has 0 atom stereocenters. The minimum atomic E-state index is 0.704. The Morgan fingerprint density at radius 2 is 1.79 bits per heavy atom. The number of halogens is 2. The third kappa shape index (κ3) is 4.26. The SMILES string of the molecule is Clc1cccc(OCCCc2ccccc2)c1CBr. The van der Waals surface area contributed by atoms with Gasteiger partial charge in [0.1, 0.15) is 5.75 Å². The summed E-state index contributed by atoms with van der Waals surface area (Å²) in [6.45, 7) is 0.704. The second-order valence-electron chi connectivity index (χ2n) is 4.29. The molecule has 0 unspecified atom stereocenters. The number of benzene rings is 2. The summed E-state index contributed by atoms with van der Waals surface area (Å²) < 4.78 is 5.82. The number of ether oxygens (including phenoxy) is 1. The van der Waals surface area contributed by atoms with Crippen molar-refractivity contribution in [2.45, 2.75) is 18.2 Å². The van der Waals surface area contributed by atoms with Crippen molar-refractivity contribution in [3.05, 3.63) is 64.7 Å². The molecule has 0 aliphatic rings. The average molecular weight is 340 g/mol. The number of alkyl halides is 1. The zero-order valence-corrected chi connectivity index (χ0v) is 13.0. The van der Waals surface area contributed by atoms with Gasteiger partial charge in [-0.2, -0.15) is 0 Å². The summed E-state index contributed by atoms with van der Waals surface area (Å²) in [6, 6.07) is 16.2. The molecular weight excluding hydrogens is 324 g/mol. The molecule has 2 aromatic carbocycles. The van der Waals surface area contributed by atoms with E-state index < -0.39 is 0 Å². The van der Waals surface area contributed by atoms with E-state index in [1.54, 1.807) is 0 Å². The van der Waals surface area contributed by atoms with Gasteiger partial charge in [0.05, 0.1) is 6.61 Å². The third-order valence-electron chi connectivity index (χ3n) is 2.92. The van der Waals surface area contributed by atoms with Crippen LogP contribution in [0.3, 0.4) is 0 Å². The molecule has 2 rings (SSSR count). The van der Waals surface area contributed by atoms with Crippen molar-refractivity contribution < 1.29 is 4.74 Å². The van der Waals surface area contributed by atoms with Crippen molar-refractivity contribution in [3.63, 3.8) is 0 Å². The van der Waals surface area contributed by atoms with Gasteiger partial charge in [0.25, 0.3) is 0 Å². The lowest BCUT2D eigenvalue weighted by atomic mass is 10.1. The molecule has 0 saturated heterocycles. The lowest BCUT2D eigenvalue weighted by Gasteiger charge is -2.11. The number of aryl methyl sites for hydroxylation is 1. The van der Waals surface area contributed by atoms with Crippen LogP contribution in [0, 0.1) is 0 Å². The molecule has 2 aromatic rings. The van der Waals surface area contributed by atoms with Gasteiger partial charge in [0.2, 0.25) is 0 Å². The Kier molecular flexibility index (Phi) is 5.74. The van der Waals surface area contributed by atoms with E-state index in [1.165, 1.54) is 5.56 Å². The molecule has 0 N–H and O–H groups in total. The quantitative estimate of drug-likeness (QED) is 0.516. The van der Waals surface area contributed by atoms with Crippen LogP contribution in [0.2, 0.25) is 5.02 Å². The van der Waals surface area contributed by atoms with Crippen LogP contribution in [0.15, 0.2) is 48.5 Å². The van der Waals surface area contributed by atoms with Crippen LogP contribution in [0.5, 0.6) is 5.75 Å². The lowest BCUT2D eigenvalue weighted by Crippen LogP contribution is -2.01. The third-order valence-corrected chi connectivity index (χ3v) is 3.83. The van der Waals surface area contributed by atoms with Crippen molar-refractivity contribution in [1.82, 2.24) is 0 Å². The van der Waals surface area contributed by atoms with Gasteiger partial charge in [-0.1, -0.05) is 63.9 Å². The van der Waals surface area contributed by atoms with Crippen LogP contribution in [-0.2, 0) is 11.8 Å². The Labute approximate surface area is 127 Å². The highest BCUT2D eigenvalue weighted by Crippen LogP contribution is 2.28. The summed E-state index contributed by atoms with van der Waals surface area (Å²) in [4.78, 5) is 0. The molecule has 100 valence electrons. The lowest BCUT2D eigenvalue weighted by molar-refractivity contribution is 0.309. The van der Waals surface area contributed by atoms with Crippen LogP contribution in [0.1, 0.15) is 17.5 Å². The molecule has 0 spiro atoms. The first kappa shape index (κ1) is 14.4. The van der Waals surface area contributed by atoms with Crippen LogP contribution in [-0.4, -0.2) is 6.61 Å². The predicted octanol–water partition coefficient (Wildman–Crippen LogP) is 5.25. The standard InChI is InChI=1S/C16H16BrClO/c17-12-14-15(18)9-4-10-16(14)19-11-5-8-13-6-2-1-3-7-13/h1-4,6-7,9-10H,5,8,11-12H2. The fraction of sp³-hybridized carbons (Fsp3) is 0.250. The molecule has 0 amide bonds. The smallest absolute Gasteiger partial charge is 0.124 e. The molecule has 0 saturated carbocycles. The Hall–Kier alpha value is -0.990. The molecule has 19 heavy (non-hydrogen) atoms. The second-order valence-corrected chi connectivity index (χ2v) is 5.26. The molecule has 0 radical (unpaired) electrons. The fourth-order valence-corrected chi connectivity index (χ4v) is 2.88. The maximum atomic E-state index is 6.13. The van der Waals surface area contributed by atoms with Gasteiger partial charge in [-0.15, -0.1) is 0 Å². The fourth-order valence-electron chi connectivity index (χ4n) is 1.91. The zero-order valence-electron chi connectivity index (χ0n) is 10.6. The van der Waals surface area contributed by atoms with Gasteiger partial charge in [0, 0.05) is 15.9 Å². The Balaban J connectivity index is 1.85. The minimum absolute atomic E-state index is 0.704. The largest absolute Gasteiger partial charge is 0.493 e. The first-order valence-electron chi connectivity index (χ1n) is 6.31. The molecule has 0 aliphatic heterocycles. The molecule has 0 bridgehead atoms. The summed E-state index contributed by atoms with van der Waals surface area (Å²) in [6.07, 6.45) is 2.03. The molecule has 0 aliphatic carbocycles. The first-order chi connectivity index (χ1) is 9.31. The van der Waals surface area contributed by atoms with Gasteiger partial charge in [-0.05, 0) is 30.5 Å². The maximum Gasteiger partial charge on any atom is 0.124 e. The van der Waals surface area contributed by atoms with E-state index in [2.05, 4.69) is 40.2 Å². The van der Waals surface area contributed by atoms with Crippen molar-refractivity contribution in [3.8, 4) is 5.75 Å². The Morgan fingerprint density at radius 3 is 2.53 bits per heavy atom. The van der Waals surface area contributed by atoms with Crippen molar-refractivity contribution in [2.24, 2.45) is 0 Å². The van der Waals surface area contributed by atoms with Gasteiger partial charge in [0.15, 0.2) is 0 Å². The Morgan fingerprint density at radius 1 is 1.00 bits per heavy atom. The first-order valence-corrected chi connectivity index (χ1v) is 7.81.